The Hall–Kier alpha value is -2.80. The Morgan fingerprint density at radius 3 is 2.61 bits per heavy atom. The van der Waals surface area contributed by atoms with E-state index in [1.807, 2.05) is 58.1 Å². The molecular weight excluding hydrogens is 707 g/mol. The number of benzene rings is 1. The number of hydrogen-bond acceptors (Lipinski definition) is 9. The number of esters is 1. The molecule has 3 heterocycles. The van der Waals surface area contributed by atoms with E-state index in [2.05, 4.69) is 11.4 Å². The van der Waals surface area contributed by atoms with E-state index in [4.69, 9.17) is 18.9 Å². The minimum Gasteiger partial charge on any atom is -0.519 e. The third-order valence-electron chi connectivity index (χ3n) is 9.82. The summed E-state index contributed by atoms with van der Waals surface area (Å²) >= 11 is 0. The van der Waals surface area contributed by atoms with Crippen LogP contribution in [0.1, 0.15) is 73.3 Å². The molecule has 8 atom stereocenters. The zero-order chi connectivity index (χ0) is 35.6. The molecule has 267 valence electrons. The molecule has 2 N–H and O–H groups in total. The third-order valence-corrected chi connectivity index (χ3v) is 9.82. The summed E-state index contributed by atoms with van der Waals surface area (Å²) in [6.45, 7) is 12.8. The normalized spacial score (nSPS) is 32.5. The average molecular weight is 758 g/mol. The van der Waals surface area contributed by atoms with Crippen molar-refractivity contribution < 1.29 is 75.9 Å². The van der Waals surface area contributed by atoms with E-state index in [1.165, 1.54) is 23.8 Å². The maximum absolute atomic E-state index is 14.0. The van der Waals surface area contributed by atoms with Crippen molar-refractivity contribution in [3.63, 3.8) is 0 Å². The van der Waals surface area contributed by atoms with Crippen LogP contribution in [0.3, 0.4) is 0 Å². The monoisotopic (exact) mass is 757 g/mol. The van der Waals surface area contributed by atoms with Crippen LogP contribution in [0.2, 0.25) is 0 Å². The number of anilines is 1. The second-order valence-electron chi connectivity index (χ2n) is 13.6. The molecule has 1 radical (unpaired) electrons. The first kappa shape index (κ1) is 40.6. The maximum atomic E-state index is 14.0. The number of carbonyl (C=O) groups is 4. The smallest absolute Gasteiger partial charge is 0.409 e. The fourth-order valence-corrected chi connectivity index (χ4v) is 6.20. The topological polar surface area (TPSA) is 147 Å². The molecule has 8 unspecified atom stereocenters. The number of hydrogen-bond donors (Lipinski definition) is 2. The molecule has 13 heteroatoms. The molecule has 0 aliphatic carbocycles. The van der Waals surface area contributed by atoms with Gasteiger partial charge in [0.2, 0.25) is 11.8 Å². The van der Waals surface area contributed by atoms with E-state index in [-0.39, 0.29) is 57.4 Å². The van der Waals surface area contributed by atoms with E-state index in [1.54, 1.807) is 20.9 Å². The van der Waals surface area contributed by atoms with Gasteiger partial charge in [0.15, 0.2) is 0 Å². The number of alkyl carbamates (subject to hydrolysis) is 1. The van der Waals surface area contributed by atoms with Gasteiger partial charge >= 0.3 is 12.1 Å². The summed E-state index contributed by atoms with van der Waals surface area (Å²) in [7, 11) is 3.13. The van der Waals surface area contributed by atoms with Crippen LogP contribution >= 0.6 is 0 Å². The second kappa shape index (κ2) is 16.5. The molecule has 0 saturated carbocycles. The van der Waals surface area contributed by atoms with Gasteiger partial charge in [0.25, 0.3) is 0 Å². The van der Waals surface area contributed by atoms with Crippen LogP contribution in [0, 0.1) is 17.9 Å². The molecule has 0 aromatic heterocycles. The fourth-order valence-electron chi connectivity index (χ4n) is 6.20. The van der Waals surface area contributed by atoms with Gasteiger partial charge in [0.1, 0.15) is 29.6 Å². The van der Waals surface area contributed by atoms with Gasteiger partial charge in [-0.15, -0.1) is 23.8 Å². The number of rotatable bonds is 6. The van der Waals surface area contributed by atoms with Crippen molar-refractivity contribution in [3.8, 4) is 5.75 Å². The number of nitrogens with zero attached hydrogens (tertiary/aromatic N) is 2. The summed E-state index contributed by atoms with van der Waals surface area (Å²) in [5, 5.41) is 14.2. The molecule has 49 heavy (non-hydrogen) atoms. The van der Waals surface area contributed by atoms with Crippen LogP contribution in [0.25, 0.3) is 0 Å². The number of aliphatic hydroxyl groups is 1. The first-order valence-corrected chi connectivity index (χ1v) is 16.6. The molecule has 3 aliphatic rings. The van der Waals surface area contributed by atoms with E-state index in [0.29, 0.717) is 24.5 Å². The van der Waals surface area contributed by atoms with Crippen molar-refractivity contribution >= 4 is 29.6 Å². The zero-order valence-electron chi connectivity index (χ0n) is 30.1. The van der Waals surface area contributed by atoms with Gasteiger partial charge in [0.05, 0.1) is 19.1 Å². The van der Waals surface area contributed by atoms with Crippen molar-refractivity contribution in [3.05, 3.63) is 47.6 Å². The van der Waals surface area contributed by atoms with E-state index >= 15 is 0 Å². The molecule has 2 saturated heterocycles. The summed E-state index contributed by atoms with van der Waals surface area (Å²) in [5.41, 5.74) is -0.315. The predicted octanol–water partition coefficient (Wildman–Crippen LogP) is 4.08. The Kier molecular flexibility index (Phi) is 13.7. The van der Waals surface area contributed by atoms with E-state index in [0.717, 1.165) is 17.6 Å². The minimum absolute atomic E-state index is 0. The summed E-state index contributed by atoms with van der Waals surface area (Å²) in [4.78, 5) is 54.8. The molecule has 4 rings (SSSR count). The first-order valence-electron chi connectivity index (χ1n) is 16.6. The van der Waals surface area contributed by atoms with Gasteiger partial charge in [-0.05, 0) is 33.6 Å². The quantitative estimate of drug-likeness (QED) is 0.249. The van der Waals surface area contributed by atoms with Gasteiger partial charge < -0.3 is 33.9 Å². The Bertz CT molecular complexity index is 1470. The SMILES string of the molecule is CCCOc1[c-]c2cc(c1)C/C(C)=C/C=C/C(C)C1(O)CC(OC(=O)N1)C(C)C1OC1(C)C(OC(=O)C(C)N(C)C(C)=O)CC(=O)N2C.[Y]. The summed E-state index contributed by atoms with van der Waals surface area (Å²) in [5.74, 6) is -1.77. The molecule has 3 amide bonds. The van der Waals surface area contributed by atoms with E-state index in [9.17, 15) is 24.3 Å². The minimum atomic E-state index is -1.59. The number of nitrogens with one attached hydrogen (secondary N) is 1. The van der Waals surface area contributed by atoms with E-state index < -0.39 is 59.6 Å². The number of ether oxygens (including phenoxy) is 4. The standard InChI is InChI=1S/C36H50N3O9.Y/c1-10-14-45-28-17-26-15-21(2)12-11-13-22(3)36(44)20-29(46-34(43)37-36)23(4)32-35(7,48-32)30(19-31(41)39(9)27(16-26)18-28)47-33(42)24(5)38(8)25(6)40;/h11-13,16-17,22-24,29-30,32,44H,10,14-15,19-20H2,1-9H3,(H,37,43);/q-1;/b13-11+,21-12+;. The molecular formula is C36H50N3O9Y-. The van der Waals surface area contributed by atoms with Crippen LogP contribution in [0.4, 0.5) is 10.5 Å². The van der Waals surface area contributed by atoms with Crippen LogP contribution in [-0.2, 0) is 67.7 Å². The molecule has 4 bridgehead atoms. The summed E-state index contributed by atoms with van der Waals surface area (Å²) in [6, 6.07) is 6.06. The largest absolute Gasteiger partial charge is 0.519 e. The number of epoxide rings is 1. The molecule has 1 aromatic rings. The molecule has 1 aromatic carbocycles. The van der Waals surface area contributed by atoms with Crippen molar-refractivity contribution in [2.45, 2.75) is 110 Å². The number of likely N-dealkylation sites (N-methyl/N-ethyl adjacent to an activating group) is 1. The van der Waals surface area contributed by atoms with Crippen LogP contribution in [0.5, 0.6) is 5.75 Å². The van der Waals surface area contributed by atoms with Gasteiger partial charge in [-0.3, -0.25) is 14.9 Å². The molecule has 3 aliphatic heterocycles. The third kappa shape index (κ3) is 9.51. The maximum Gasteiger partial charge on any atom is 0.409 e. The van der Waals surface area contributed by atoms with Gasteiger partial charge in [-0.1, -0.05) is 50.3 Å². The van der Waals surface area contributed by atoms with Gasteiger partial charge in [-0.25, -0.2) is 9.59 Å². The molecule has 12 nitrogen and oxygen atoms in total. The Morgan fingerprint density at radius 2 is 1.96 bits per heavy atom. The average Bonchev–Trinajstić information content (AvgIpc) is 3.72. The number of carbonyl (C=O) groups excluding carboxylic acids is 4. The van der Waals surface area contributed by atoms with Crippen molar-refractivity contribution in [2.24, 2.45) is 11.8 Å². The second-order valence-corrected chi connectivity index (χ2v) is 13.6. The summed E-state index contributed by atoms with van der Waals surface area (Å²) in [6.07, 6.45) is 3.70. The van der Waals surface area contributed by atoms with Crippen LogP contribution < -0.4 is 15.0 Å². The Labute approximate surface area is 314 Å². The number of fused-ring (bicyclic) bond motifs is 5. The van der Waals surface area contributed by atoms with Crippen LogP contribution in [0.15, 0.2) is 35.9 Å². The van der Waals surface area contributed by atoms with Crippen molar-refractivity contribution in [2.75, 3.05) is 25.6 Å². The number of amides is 3. The number of allylic oxidation sites excluding steroid dienone is 3. The predicted molar refractivity (Wildman–Crippen MR) is 178 cm³/mol. The Balaban J connectivity index is 0.00000650. The first-order chi connectivity index (χ1) is 22.5. The van der Waals surface area contributed by atoms with Gasteiger partial charge in [0, 0.05) is 77.7 Å². The van der Waals surface area contributed by atoms with Gasteiger partial charge in [-0.2, -0.15) is 0 Å². The van der Waals surface area contributed by atoms with Crippen molar-refractivity contribution in [1.82, 2.24) is 10.2 Å². The van der Waals surface area contributed by atoms with Crippen LogP contribution in [-0.4, -0.2) is 90.3 Å². The molecule has 2 fully saturated rings. The molecule has 0 spiro atoms. The summed E-state index contributed by atoms with van der Waals surface area (Å²) < 4.78 is 23.8. The van der Waals surface area contributed by atoms with Crippen molar-refractivity contribution in [1.29, 1.82) is 0 Å². The Morgan fingerprint density at radius 1 is 1.27 bits per heavy atom. The fraction of sp³-hybridized carbons (Fsp3) is 0.611. The zero-order valence-corrected chi connectivity index (χ0v) is 32.9.